The number of fused-ring (bicyclic) bond motifs is 1. The third kappa shape index (κ3) is 1.74. The summed E-state index contributed by atoms with van der Waals surface area (Å²) in [5, 5.41) is 10.1. The Morgan fingerprint density at radius 3 is 2.78 bits per heavy atom. The summed E-state index contributed by atoms with van der Waals surface area (Å²) in [6, 6.07) is 3.86. The van der Waals surface area contributed by atoms with Gasteiger partial charge in [0.05, 0.1) is 19.6 Å². The van der Waals surface area contributed by atoms with Crippen LogP contribution in [0.2, 0.25) is 0 Å². The molecule has 3 aliphatic rings. The van der Waals surface area contributed by atoms with E-state index in [1.807, 2.05) is 12.1 Å². The smallest absolute Gasteiger partial charge is 0.220 e. The van der Waals surface area contributed by atoms with Crippen molar-refractivity contribution < 1.29 is 19.4 Å². The Hall–Kier alpha value is -2.27. The van der Waals surface area contributed by atoms with Crippen LogP contribution in [0.1, 0.15) is 11.1 Å². The fourth-order valence-corrected chi connectivity index (χ4v) is 4.30. The molecule has 1 heterocycles. The number of hydrogen-bond acceptors (Lipinski definition) is 5. The van der Waals surface area contributed by atoms with Crippen LogP contribution in [0.15, 0.2) is 35.6 Å². The first-order valence-corrected chi connectivity index (χ1v) is 7.64. The second-order valence-electron chi connectivity index (χ2n) is 6.46. The lowest BCUT2D eigenvalue weighted by Gasteiger charge is -2.37. The second kappa shape index (κ2) is 4.61. The summed E-state index contributed by atoms with van der Waals surface area (Å²) >= 11 is 0. The Morgan fingerprint density at radius 1 is 1.30 bits per heavy atom. The number of benzene rings is 1. The monoisotopic (exact) mass is 313 g/mol. The molecule has 0 spiro atoms. The summed E-state index contributed by atoms with van der Waals surface area (Å²) in [4.78, 5) is 14.5. The number of aromatic hydroxyl groups is 1. The first kappa shape index (κ1) is 14.3. The number of likely N-dealkylation sites (tertiary alicyclic amines) is 1. The number of allylic oxidation sites excluding steroid dienone is 1. The van der Waals surface area contributed by atoms with E-state index in [0.29, 0.717) is 11.5 Å². The SMILES string of the molecule is COC1=CC23CN(C)C(Cc4cc(O)c(OC)cc42)C3=CC1=O. The van der Waals surface area contributed by atoms with Gasteiger partial charge in [-0.3, -0.25) is 9.69 Å². The van der Waals surface area contributed by atoms with Gasteiger partial charge < -0.3 is 14.6 Å². The summed E-state index contributed by atoms with van der Waals surface area (Å²) in [6.45, 7) is 0.782. The minimum atomic E-state index is -0.382. The fraction of sp³-hybridized carbons (Fsp3) is 0.389. The molecule has 0 amide bonds. The highest BCUT2D eigenvalue weighted by Gasteiger charge is 2.53. The Labute approximate surface area is 134 Å². The number of phenolic OH excluding ortho intramolecular Hbond substituents is 1. The molecule has 1 fully saturated rings. The number of hydrogen-bond donors (Lipinski definition) is 1. The summed E-state index contributed by atoms with van der Waals surface area (Å²) in [6.07, 6.45) is 4.45. The third-order valence-electron chi connectivity index (χ3n) is 5.33. The summed E-state index contributed by atoms with van der Waals surface area (Å²) in [7, 11) is 5.14. The van der Waals surface area contributed by atoms with E-state index in [0.717, 1.165) is 29.7 Å². The van der Waals surface area contributed by atoms with E-state index in [1.165, 1.54) is 7.11 Å². The molecule has 0 saturated carbocycles. The zero-order valence-electron chi connectivity index (χ0n) is 13.4. The molecule has 2 bridgehead atoms. The van der Waals surface area contributed by atoms with Crippen LogP contribution in [0.3, 0.4) is 0 Å². The van der Waals surface area contributed by atoms with Gasteiger partial charge in [0.2, 0.25) is 5.78 Å². The van der Waals surface area contributed by atoms with Crippen LogP contribution in [0, 0.1) is 0 Å². The average Bonchev–Trinajstić information content (AvgIpc) is 2.73. The fourth-order valence-electron chi connectivity index (χ4n) is 4.30. The van der Waals surface area contributed by atoms with Crippen LogP contribution in [0.4, 0.5) is 0 Å². The molecule has 5 nitrogen and oxygen atoms in total. The topological polar surface area (TPSA) is 59.0 Å². The number of carbonyl (C=O) groups excluding carboxylic acids is 1. The van der Waals surface area contributed by atoms with Crippen LogP contribution in [-0.4, -0.2) is 49.6 Å². The summed E-state index contributed by atoms with van der Waals surface area (Å²) < 4.78 is 10.6. The van der Waals surface area contributed by atoms with Crippen molar-refractivity contribution in [3.8, 4) is 11.5 Å². The Kier molecular flexibility index (Phi) is 2.87. The molecule has 4 rings (SSSR count). The van der Waals surface area contributed by atoms with Gasteiger partial charge in [-0.15, -0.1) is 0 Å². The molecular weight excluding hydrogens is 294 g/mol. The van der Waals surface area contributed by atoms with Crippen molar-refractivity contribution in [2.75, 3.05) is 27.8 Å². The van der Waals surface area contributed by atoms with Crippen molar-refractivity contribution in [2.24, 2.45) is 0 Å². The van der Waals surface area contributed by atoms with E-state index < -0.39 is 0 Å². The molecular formula is C18H19NO4. The van der Waals surface area contributed by atoms with E-state index in [1.54, 1.807) is 19.3 Å². The Balaban J connectivity index is 2.00. The lowest BCUT2D eigenvalue weighted by molar-refractivity contribution is -0.114. The number of likely N-dealkylation sites (N-methyl/N-ethyl adjacent to an activating group) is 1. The quantitative estimate of drug-likeness (QED) is 0.898. The molecule has 5 heteroatoms. The highest BCUT2D eigenvalue weighted by atomic mass is 16.5. The second-order valence-corrected chi connectivity index (χ2v) is 6.46. The van der Waals surface area contributed by atoms with Gasteiger partial charge >= 0.3 is 0 Å². The van der Waals surface area contributed by atoms with Crippen molar-refractivity contribution in [3.05, 3.63) is 46.7 Å². The van der Waals surface area contributed by atoms with Gasteiger partial charge in [-0.25, -0.2) is 0 Å². The van der Waals surface area contributed by atoms with Gasteiger partial charge in [-0.05, 0) is 54.5 Å². The summed E-state index contributed by atoms with van der Waals surface area (Å²) in [5.74, 6) is 0.907. The van der Waals surface area contributed by atoms with Crippen molar-refractivity contribution in [3.63, 3.8) is 0 Å². The minimum absolute atomic E-state index is 0.0763. The van der Waals surface area contributed by atoms with Crippen molar-refractivity contribution in [1.29, 1.82) is 0 Å². The first-order valence-electron chi connectivity index (χ1n) is 7.64. The number of nitrogens with zero attached hydrogens (tertiary/aromatic N) is 1. The normalized spacial score (nSPS) is 28.7. The molecule has 1 aromatic rings. The molecule has 0 radical (unpaired) electrons. The molecule has 120 valence electrons. The standard InChI is InChI=1S/C18H19NO4/c1-19-9-18-8-17(23-3)15(21)6-12(18)13(19)4-10-5-14(20)16(22-2)7-11(10)18/h5-8,13,20H,4,9H2,1-3H3. The average molecular weight is 313 g/mol. The Bertz CT molecular complexity index is 779. The number of ether oxygens (including phenoxy) is 2. The van der Waals surface area contributed by atoms with E-state index in [9.17, 15) is 9.90 Å². The zero-order chi connectivity index (χ0) is 16.4. The maximum absolute atomic E-state index is 12.2. The maximum atomic E-state index is 12.2. The molecule has 1 aliphatic heterocycles. The number of ketones is 1. The lowest BCUT2D eigenvalue weighted by Crippen LogP contribution is -2.37. The van der Waals surface area contributed by atoms with Crippen LogP contribution in [0.5, 0.6) is 11.5 Å². The largest absolute Gasteiger partial charge is 0.504 e. The van der Waals surface area contributed by atoms with Crippen LogP contribution < -0.4 is 4.74 Å². The highest BCUT2D eigenvalue weighted by Crippen LogP contribution is 2.53. The summed E-state index contributed by atoms with van der Waals surface area (Å²) in [5.41, 5.74) is 2.91. The number of methoxy groups -OCH3 is 2. The van der Waals surface area contributed by atoms with Crippen molar-refractivity contribution >= 4 is 5.78 Å². The van der Waals surface area contributed by atoms with Gasteiger partial charge in [0, 0.05) is 12.6 Å². The van der Waals surface area contributed by atoms with Crippen LogP contribution in [-0.2, 0) is 21.4 Å². The number of rotatable bonds is 2. The number of phenols is 1. The molecule has 1 saturated heterocycles. The highest BCUT2D eigenvalue weighted by molar-refractivity contribution is 6.05. The molecule has 23 heavy (non-hydrogen) atoms. The number of carbonyl (C=O) groups is 1. The van der Waals surface area contributed by atoms with E-state index in [2.05, 4.69) is 11.9 Å². The molecule has 2 unspecified atom stereocenters. The van der Waals surface area contributed by atoms with E-state index >= 15 is 0 Å². The molecule has 1 aromatic carbocycles. The van der Waals surface area contributed by atoms with Gasteiger partial charge in [-0.1, -0.05) is 0 Å². The third-order valence-corrected chi connectivity index (χ3v) is 5.33. The molecule has 2 aliphatic carbocycles. The predicted molar refractivity (Wildman–Crippen MR) is 84.6 cm³/mol. The van der Waals surface area contributed by atoms with E-state index in [4.69, 9.17) is 9.47 Å². The van der Waals surface area contributed by atoms with Crippen LogP contribution >= 0.6 is 0 Å². The van der Waals surface area contributed by atoms with Crippen LogP contribution in [0.25, 0.3) is 0 Å². The van der Waals surface area contributed by atoms with Gasteiger partial charge in [-0.2, -0.15) is 0 Å². The van der Waals surface area contributed by atoms with E-state index in [-0.39, 0.29) is 23.0 Å². The molecule has 1 N–H and O–H groups in total. The van der Waals surface area contributed by atoms with Gasteiger partial charge in [0.25, 0.3) is 0 Å². The van der Waals surface area contributed by atoms with Gasteiger partial charge in [0.15, 0.2) is 17.3 Å². The minimum Gasteiger partial charge on any atom is -0.504 e. The lowest BCUT2D eigenvalue weighted by atomic mass is 9.65. The first-order chi connectivity index (χ1) is 11.0. The maximum Gasteiger partial charge on any atom is 0.220 e. The Morgan fingerprint density at radius 2 is 2.09 bits per heavy atom. The molecule has 2 atom stereocenters. The predicted octanol–water partition coefficient (Wildman–Crippen LogP) is 1.55. The molecule has 0 aromatic heterocycles. The van der Waals surface area contributed by atoms with Crippen molar-refractivity contribution in [1.82, 2.24) is 4.90 Å². The zero-order valence-corrected chi connectivity index (χ0v) is 13.4. The van der Waals surface area contributed by atoms with Crippen molar-refractivity contribution in [2.45, 2.75) is 17.9 Å². The van der Waals surface area contributed by atoms with Gasteiger partial charge in [0.1, 0.15) is 0 Å².